The average molecular weight is 419 g/mol. The number of anilines is 1. The molecule has 0 bridgehead atoms. The van der Waals surface area contributed by atoms with Gasteiger partial charge in [0.1, 0.15) is 30.0 Å². The summed E-state index contributed by atoms with van der Waals surface area (Å²) in [5.74, 6) is 1.43. The largest absolute Gasteiger partial charge is 0.490 e. The Morgan fingerprint density at radius 2 is 2.00 bits per heavy atom. The minimum Gasteiger partial charge on any atom is -0.490 e. The van der Waals surface area contributed by atoms with E-state index < -0.39 is 11.9 Å². The van der Waals surface area contributed by atoms with Crippen LogP contribution in [0.4, 0.5) is 19.0 Å². The second kappa shape index (κ2) is 7.48. The standard InChI is InChI=1S/C21H20F3N3O3/c22-21(23,24)18-7-14-15(26-18)5-6-25-20(14)27-19-13-3-1-2-4-16(13)30-11-17(19)29-10-12-8-28-9-12/h1-7,12,17,19,26H,8-11H2,(H,25,27). The van der Waals surface area contributed by atoms with Gasteiger partial charge in [-0.3, -0.25) is 0 Å². The predicted octanol–water partition coefficient (Wildman–Crippen LogP) is 4.16. The third-order valence-corrected chi connectivity index (χ3v) is 5.43. The number of ether oxygens (including phenoxy) is 3. The van der Waals surface area contributed by atoms with Gasteiger partial charge in [-0.05, 0) is 18.2 Å². The van der Waals surface area contributed by atoms with Gasteiger partial charge in [0.25, 0.3) is 0 Å². The van der Waals surface area contributed by atoms with E-state index in [1.54, 1.807) is 0 Å². The molecule has 0 aliphatic carbocycles. The molecule has 2 atom stereocenters. The molecule has 1 aromatic carbocycles. The number of hydrogen-bond donors (Lipinski definition) is 2. The molecule has 2 aliphatic rings. The van der Waals surface area contributed by atoms with Crippen LogP contribution < -0.4 is 10.1 Å². The Balaban J connectivity index is 1.47. The van der Waals surface area contributed by atoms with E-state index in [-0.39, 0.29) is 12.1 Å². The molecule has 0 saturated carbocycles. The highest BCUT2D eigenvalue weighted by atomic mass is 19.4. The molecule has 30 heavy (non-hydrogen) atoms. The average Bonchev–Trinajstić information content (AvgIpc) is 3.14. The van der Waals surface area contributed by atoms with Crippen molar-refractivity contribution in [2.45, 2.75) is 18.3 Å². The van der Waals surface area contributed by atoms with Gasteiger partial charge in [-0.25, -0.2) is 4.98 Å². The third-order valence-electron chi connectivity index (χ3n) is 5.43. The first kappa shape index (κ1) is 19.2. The van der Waals surface area contributed by atoms with Crippen molar-refractivity contribution in [2.75, 3.05) is 31.7 Å². The molecule has 0 amide bonds. The Kier molecular flexibility index (Phi) is 4.79. The number of benzene rings is 1. The molecule has 2 unspecified atom stereocenters. The Morgan fingerprint density at radius 1 is 1.17 bits per heavy atom. The van der Waals surface area contributed by atoms with Gasteiger partial charge in [-0.2, -0.15) is 13.2 Å². The smallest absolute Gasteiger partial charge is 0.431 e. The van der Waals surface area contributed by atoms with Crippen molar-refractivity contribution in [2.24, 2.45) is 5.92 Å². The van der Waals surface area contributed by atoms with Crippen molar-refractivity contribution in [1.29, 1.82) is 0 Å². The summed E-state index contributed by atoms with van der Waals surface area (Å²) in [5, 5.41) is 3.69. The number of halogens is 3. The van der Waals surface area contributed by atoms with Gasteiger partial charge in [0.05, 0.1) is 31.4 Å². The topological polar surface area (TPSA) is 68.4 Å². The van der Waals surface area contributed by atoms with Gasteiger partial charge in [0, 0.05) is 23.1 Å². The van der Waals surface area contributed by atoms with Crippen LogP contribution in [-0.2, 0) is 15.7 Å². The number of nitrogens with zero attached hydrogens (tertiary/aromatic N) is 1. The number of aromatic nitrogens is 2. The Bertz CT molecular complexity index is 1050. The summed E-state index contributed by atoms with van der Waals surface area (Å²) in [4.78, 5) is 6.74. The van der Waals surface area contributed by atoms with Crippen LogP contribution in [0.25, 0.3) is 10.9 Å². The summed E-state index contributed by atoms with van der Waals surface area (Å²) in [7, 11) is 0. The molecular formula is C21H20F3N3O3. The van der Waals surface area contributed by atoms with Crippen LogP contribution in [-0.4, -0.2) is 42.5 Å². The van der Waals surface area contributed by atoms with E-state index in [0.717, 1.165) is 17.4 Å². The number of hydrogen-bond acceptors (Lipinski definition) is 5. The number of fused-ring (bicyclic) bond motifs is 2. The molecule has 0 spiro atoms. The lowest BCUT2D eigenvalue weighted by Gasteiger charge is -2.36. The summed E-state index contributed by atoms with van der Waals surface area (Å²) in [6.07, 6.45) is -3.30. The van der Waals surface area contributed by atoms with Crippen LogP contribution in [0.15, 0.2) is 42.6 Å². The molecule has 9 heteroatoms. The summed E-state index contributed by atoms with van der Waals surface area (Å²) < 4.78 is 56.7. The predicted molar refractivity (Wildman–Crippen MR) is 103 cm³/mol. The number of aromatic amines is 1. The van der Waals surface area contributed by atoms with Crippen molar-refractivity contribution in [1.82, 2.24) is 9.97 Å². The quantitative estimate of drug-likeness (QED) is 0.650. The summed E-state index contributed by atoms with van der Waals surface area (Å²) in [5.41, 5.74) is 0.437. The lowest BCUT2D eigenvalue weighted by Crippen LogP contribution is -2.41. The molecule has 1 fully saturated rings. The minimum atomic E-state index is -4.46. The summed E-state index contributed by atoms with van der Waals surface area (Å²) in [6, 6.07) is 9.85. The lowest BCUT2D eigenvalue weighted by molar-refractivity contribution is -0.140. The van der Waals surface area contributed by atoms with Crippen molar-refractivity contribution < 1.29 is 27.4 Å². The lowest BCUT2D eigenvalue weighted by atomic mass is 9.97. The van der Waals surface area contributed by atoms with Gasteiger partial charge < -0.3 is 24.5 Å². The fraction of sp³-hybridized carbons (Fsp3) is 0.381. The van der Waals surface area contributed by atoms with Crippen molar-refractivity contribution in [3.05, 3.63) is 53.9 Å². The number of H-pyrrole nitrogens is 1. The molecular weight excluding hydrogens is 399 g/mol. The van der Waals surface area contributed by atoms with Crippen molar-refractivity contribution in [3.63, 3.8) is 0 Å². The number of para-hydroxylation sites is 1. The fourth-order valence-corrected chi connectivity index (χ4v) is 3.76. The number of alkyl halides is 3. The van der Waals surface area contributed by atoms with Crippen LogP contribution in [0.3, 0.4) is 0 Å². The van der Waals surface area contributed by atoms with E-state index in [1.165, 1.54) is 12.3 Å². The Labute approximate surface area is 170 Å². The number of rotatable bonds is 5. The third kappa shape index (κ3) is 3.59. The molecule has 158 valence electrons. The summed E-state index contributed by atoms with van der Waals surface area (Å²) >= 11 is 0. The van der Waals surface area contributed by atoms with Gasteiger partial charge in [-0.1, -0.05) is 18.2 Å². The van der Waals surface area contributed by atoms with Gasteiger partial charge in [0.15, 0.2) is 0 Å². The zero-order chi connectivity index (χ0) is 20.7. The highest BCUT2D eigenvalue weighted by Crippen LogP contribution is 2.38. The maximum absolute atomic E-state index is 13.2. The minimum absolute atomic E-state index is 0.321. The molecule has 1 saturated heterocycles. The normalized spacial score (nSPS) is 21.7. The number of pyridine rings is 1. The first-order valence-corrected chi connectivity index (χ1v) is 9.71. The van der Waals surface area contributed by atoms with Crippen molar-refractivity contribution in [3.8, 4) is 5.75 Å². The Hall–Kier alpha value is -2.78. The maximum atomic E-state index is 13.2. The van der Waals surface area contributed by atoms with E-state index in [2.05, 4.69) is 15.3 Å². The SMILES string of the molecule is FC(F)(F)c1cc2c(NC3c4ccccc4OCC3OCC3COC3)nccc2[nH]1. The molecule has 5 rings (SSSR count). The second-order valence-corrected chi connectivity index (χ2v) is 7.55. The zero-order valence-electron chi connectivity index (χ0n) is 15.9. The number of nitrogens with one attached hydrogen (secondary N) is 2. The molecule has 2 N–H and O–H groups in total. The van der Waals surface area contributed by atoms with Crippen LogP contribution >= 0.6 is 0 Å². The van der Waals surface area contributed by atoms with Gasteiger partial charge in [0.2, 0.25) is 0 Å². The fourth-order valence-electron chi connectivity index (χ4n) is 3.76. The van der Waals surface area contributed by atoms with E-state index in [0.29, 0.717) is 49.1 Å². The van der Waals surface area contributed by atoms with Crippen LogP contribution in [0.5, 0.6) is 5.75 Å². The first-order chi connectivity index (χ1) is 14.5. The summed E-state index contributed by atoms with van der Waals surface area (Å²) in [6.45, 7) is 2.22. The van der Waals surface area contributed by atoms with E-state index in [1.807, 2.05) is 24.3 Å². The van der Waals surface area contributed by atoms with Crippen LogP contribution in [0, 0.1) is 5.92 Å². The molecule has 6 nitrogen and oxygen atoms in total. The second-order valence-electron chi connectivity index (χ2n) is 7.55. The van der Waals surface area contributed by atoms with E-state index >= 15 is 0 Å². The van der Waals surface area contributed by atoms with Gasteiger partial charge in [-0.15, -0.1) is 0 Å². The highest BCUT2D eigenvalue weighted by Gasteiger charge is 2.35. The van der Waals surface area contributed by atoms with E-state index in [9.17, 15) is 13.2 Å². The highest BCUT2D eigenvalue weighted by molar-refractivity contribution is 5.90. The monoisotopic (exact) mass is 419 g/mol. The zero-order valence-corrected chi connectivity index (χ0v) is 15.9. The maximum Gasteiger partial charge on any atom is 0.431 e. The molecule has 0 radical (unpaired) electrons. The molecule has 4 heterocycles. The van der Waals surface area contributed by atoms with Crippen molar-refractivity contribution >= 4 is 16.7 Å². The first-order valence-electron chi connectivity index (χ1n) is 9.71. The Morgan fingerprint density at radius 3 is 2.77 bits per heavy atom. The van der Waals surface area contributed by atoms with Crippen LogP contribution in [0.1, 0.15) is 17.3 Å². The molecule has 3 aromatic rings. The van der Waals surface area contributed by atoms with E-state index in [4.69, 9.17) is 14.2 Å². The molecule has 2 aromatic heterocycles. The van der Waals surface area contributed by atoms with Gasteiger partial charge >= 0.3 is 6.18 Å². The van der Waals surface area contributed by atoms with Crippen LogP contribution in [0.2, 0.25) is 0 Å². The molecule has 2 aliphatic heterocycles.